The van der Waals surface area contributed by atoms with Crippen LogP contribution in [0.3, 0.4) is 0 Å². The Labute approximate surface area is 334 Å². The number of hydrogen-bond donors (Lipinski definition) is 0. The number of aromatic nitrogens is 4. The predicted octanol–water partition coefficient (Wildman–Crippen LogP) is 9.95. The van der Waals surface area contributed by atoms with Crippen molar-refractivity contribution in [3.63, 3.8) is 0 Å². The fourth-order valence-electron chi connectivity index (χ4n) is 9.52. The average Bonchev–Trinajstić information content (AvgIpc) is 3.95. The molecule has 0 unspecified atom stereocenters. The maximum atomic E-state index is 6.47. The molecule has 0 atom stereocenters. The van der Waals surface area contributed by atoms with E-state index in [0.717, 1.165) is 71.7 Å². The van der Waals surface area contributed by atoms with Crippen LogP contribution in [0.25, 0.3) is 77.2 Å². The molecule has 12 rings (SSSR count). The van der Waals surface area contributed by atoms with E-state index in [-0.39, 0.29) is 0 Å². The Kier molecular flexibility index (Phi) is 7.18. The van der Waals surface area contributed by atoms with Crippen molar-refractivity contribution in [3.05, 3.63) is 206 Å². The van der Waals surface area contributed by atoms with Crippen LogP contribution in [0.4, 0.5) is 0 Å². The first-order chi connectivity index (χ1) is 28.8. The molecule has 0 aliphatic heterocycles. The zero-order chi connectivity index (χ0) is 38.2. The highest BCUT2D eigenvalue weighted by molar-refractivity contribution is 7.19. The molecule has 5 nitrogen and oxygen atoms in total. The van der Waals surface area contributed by atoms with Gasteiger partial charge in [0.25, 0.3) is 0 Å². The highest BCUT2D eigenvalue weighted by Gasteiger charge is 2.43. The molecule has 0 aliphatic carbocycles. The van der Waals surface area contributed by atoms with Gasteiger partial charge >= 0.3 is 0 Å². The summed E-state index contributed by atoms with van der Waals surface area (Å²) in [5, 5.41) is 11.7. The van der Waals surface area contributed by atoms with Gasteiger partial charge in [-0.05, 0) is 82.3 Å². The second-order valence-corrected chi connectivity index (χ2v) is 18.7. The third-order valence-corrected chi connectivity index (χ3v) is 16.5. The first-order valence-electron chi connectivity index (χ1n) is 19.7. The summed E-state index contributed by atoms with van der Waals surface area (Å²) >= 11 is 0. The van der Waals surface area contributed by atoms with Crippen LogP contribution in [0.1, 0.15) is 0 Å². The van der Waals surface area contributed by atoms with Crippen LogP contribution >= 0.6 is 0 Å². The van der Waals surface area contributed by atoms with Crippen LogP contribution < -0.4 is 20.9 Å². The maximum absolute atomic E-state index is 6.47. The molecule has 0 bridgehead atoms. The van der Waals surface area contributed by atoms with Gasteiger partial charge in [0.1, 0.15) is 22.6 Å². The molecule has 6 heteroatoms. The van der Waals surface area contributed by atoms with Crippen LogP contribution in [0.5, 0.6) is 0 Å². The molecule has 58 heavy (non-hydrogen) atoms. The van der Waals surface area contributed by atoms with E-state index in [0.29, 0.717) is 0 Å². The Hall–Kier alpha value is -7.54. The van der Waals surface area contributed by atoms with Gasteiger partial charge < -0.3 is 8.98 Å². The van der Waals surface area contributed by atoms with Gasteiger partial charge in [-0.25, -0.2) is 9.97 Å². The van der Waals surface area contributed by atoms with E-state index in [1.165, 1.54) is 26.3 Å². The van der Waals surface area contributed by atoms with E-state index in [1.54, 1.807) is 0 Å². The van der Waals surface area contributed by atoms with Crippen LogP contribution in [-0.4, -0.2) is 27.2 Å². The molecule has 0 fully saturated rings. The van der Waals surface area contributed by atoms with E-state index in [2.05, 4.69) is 197 Å². The minimum atomic E-state index is -3.12. The zero-order valence-electron chi connectivity index (χ0n) is 31.3. The van der Waals surface area contributed by atoms with E-state index < -0.39 is 8.07 Å². The molecular weight excluding hydrogens is 725 g/mol. The summed E-state index contributed by atoms with van der Waals surface area (Å²) in [5.41, 5.74) is 7.13. The third kappa shape index (κ3) is 4.63. The molecule has 0 spiro atoms. The number of para-hydroxylation sites is 3. The monoisotopic (exact) mass is 758 g/mol. The molecule has 5 aromatic heterocycles. The molecule has 0 aliphatic rings. The van der Waals surface area contributed by atoms with Crippen molar-refractivity contribution in [2.45, 2.75) is 0 Å². The largest absolute Gasteiger partial charge is 0.456 e. The Morgan fingerprint density at radius 1 is 0.431 bits per heavy atom. The lowest BCUT2D eigenvalue weighted by molar-refractivity contribution is 0.669. The molecule has 7 aromatic carbocycles. The number of pyridine rings is 2. The molecule has 5 heterocycles. The molecule has 0 N–H and O–H groups in total. The van der Waals surface area contributed by atoms with Crippen LogP contribution in [0, 0.1) is 0 Å². The van der Waals surface area contributed by atoms with E-state index in [4.69, 9.17) is 14.4 Å². The van der Waals surface area contributed by atoms with Gasteiger partial charge in [0, 0.05) is 44.1 Å². The molecule has 0 saturated carbocycles. The molecule has 12 aromatic rings. The SMILES string of the molecule is c1ccc([Si](c2ccccc2)(c2cccc(-n3c4ccccc4c4ccc5oc6ccccc6c5c43)c2)c2cccc(-n3c4ccccc4c4cccnc43)n2)cc1. The lowest BCUT2D eigenvalue weighted by Crippen LogP contribution is -2.75. The highest BCUT2D eigenvalue weighted by Crippen LogP contribution is 2.40. The first-order valence-corrected chi connectivity index (χ1v) is 21.7. The van der Waals surface area contributed by atoms with Gasteiger partial charge in [-0.1, -0.05) is 133 Å². The van der Waals surface area contributed by atoms with Crippen molar-refractivity contribution in [1.29, 1.82) is 0 Å². The number of benzene rings is 7. The fourth-order valence-corrected chi connectivity index (χ4v) is 14.1. The Morgan fingerprint density at radius 2 is 1.05 bits per heavy atom. The van der Waals surface area contributed by atoms with Crippen LogP contribution in [0.2, 0.25) is 0 Å². The molecular formula is C52H34N4OSi. The summed E-state index contributed by atoms with van der Waals surface area (Å²) in [7, 11) is -3.12. The quantitative estimate of drug-likeness (QED) is 0.125. The van der Waals surface area contributed by atoms with Gasteiger partial charge in [-0.15, -0.1) is 0 Å². The van der Waals surface area contributed by atoms with Gasteiger partial charge in [-0.2, -0.15) is 0 Å². The summed E-state index contributed by atoms with van der Waals surface area (Å²) in [6, 6.07) is 72.0. The van der Waals surface area contributed by atoms with Crippen molar-refractivity contribution in [2.24, 2.45) is 0 Å². The van der Waals surface area contributed by atoms with Crippen molar-refractivity contribution in [2.75, 3.05) is 0 Å². The lowest BCUT2D eigenvalue weighted by atomic mass is 10.1. The van der Waals surface area contributed by atoms with Crippen molar-refractivity contribution in [1.82, 2.24) is 19.1 Å². The van der Waals surface area contributed by atoms with E-state index >= 15 is 0 Å². The third-order valence-electron chi connectivity index (χ3n) is 11.9. The van der Waals surface area contributed by atoms with E-state index in [9.17, 15) is 0 Å². The highest BCUT2D eigenvalue weighted by atomic mass is 28.3. The minimum absolute atomic E-state index is 0.846. The van der Waals surface area contributed by atoms with Gasteiger partial charge in [0.2, 0.25) is 8.07 Å². The van der Waals surface area contributed by atoms with Crippen LogP contribution in [-0.2, 0) is 0 Å². The first kappa shape index (κ1) is 32.7. The number of hydrogen-bond acceptors (Lipinski definition) is 3. The topological polar surface area (TPSA) is 48.8 Å². The molecule has 0 amide bonds. The number of rotatable bonds is 6. The smallest absolute Gasteiger partial charge is 0.202 e. The average molecular weight is 759 g/mol. The Morgan fingerprint density at radius 3 is 1.83 bits per heavy atom. The van der Waals surface area contributed by atoms with Crippen molar-refractivity contribution < 1.29 is 4.42 Å². The zero-order valence-corrected chi connectivity index (χ0v) is 32.3. The van der Waals surface area contributed by atoms with Gasteiger partial charge in [-0.3, -0.25) is 4.57 Å². The summed E-state index contributed by atoms with van der Waals surface area (Å²) < 4.78 is 11.1. The Bertz CT molecular complexity index is 3440. The summed E-state index contributed by atoms with van der Waals surface area (Å²) in [6.45, 7) is 0. The summed E-state index contributed by atoms with van der Waals surface area (Å²) in [6.07, 6.45) is 1.87. The number of fused-ring (bicyclic) bond motifs is 10. The maximum Gasteiger partial charge on any atom is 0.202 e. The van der Waals surface area contributed by atoms with E-state index in [1.807, 2.05) is 18.3 Å². The fraction of sp³-hybridized carbons (Fsp3) is 0. The van der Waals surface area contributed by atoms with Crippen molar-refractivity contribution >= 4 is 94.6 Å². The summed E-state index contributed by atoms with van der Waals surface area (Å²) in [4.78, 5) is 10.7. The lowest BCUT2D eigenvalue weighted by Gasteiger charge is -2.34. The molecule has 0 saturated heterocycles. The minimum Gasteiger partial charge on any atom is -0.456 e. The summed E-state index contributed by atoms with van der Waals surface area (Å²) in [5.74, 6) is 0.846. The second-order valence-electron chi connectivity index (χ2n) is 14.9. The Balaban J connectivity index is 1.18. The number of nitrogens with zero attached hydrogens (tertiary/aromatic N) is 4. The second kappa shape index (κ2) is 12.7. The number of furan rings is 1. The van der Waals surface area contributed by atoms with Gasteiger partial charge in [0.15, 0.2) is 0 Å². The predicted molar refractivity (Wildman–Crippen MR) is 242 cm³/mol. The standard InChI is InChI=1S/C52H34N4OSi/c1-3-17-36(18-4-1)58(37-19-5-2-6-20-37,49-30-14-29-48(54-49)56-45-27-11-8-23-40(45)42-25-15-33-53-52(42)56)38-21-13-16-35(34-38)55-44-26-10-7-22-39(44)41-31-32-47-50(51(41)55)43-24-9-12-28-46(43)57-47/h1-34H. The van der Waals surface area contributed by atoms with Gasteiger partial charge in [0.05, 0.1) is 21.9 Å². The molecule has 272 valence electrons. The van der Waals surface area contributed by atoms with Crippen LogP contribution in [0.15, 0.2) is 211 Å². The normalized spacial score (nSPS) is 12.1. The van der Waals surface area contributed by atoms with Crippen molar-refractivity contribution in [3.8, 4) is 11.5 Å². The molecule has 0 radical (unpaired) electrons.